The highest BCUT2D eigenvalue weighted by molar-refractivity contribution is 5.94. The molecule has 2 aromatic rings. The van der Waals surface area contributed by atoms with Crippen molar-refractivity contribution in [1.29, 1.82) is 0 Å². The van der Waals surface area contributed by atoms with Gasteiger partial charge in [0.1, 0.15) is 5.69 Å². The summed E-state index contributed by atoms with van der Waals surface area (Å²) >= 11 is 0. The number of hydrazine groups is 1. The SMILES string of the molecule is O=C(/C=C/c1ccccc1)NCCC(=O)NNC(=O)c1ccccn1. The molecule has 7 nitrogen and oxygen atoms in total. The zero-order valence-electron chi connectivity index (χ0n) is 13.4. The Morgan fingerprint density at radius 1 is 0.960 bits per heavy atom. The third kappa shape index (κ3) is 6.66. The van der Waals surface area contributed by atoms with Crippen LogP contribution in [0.3, 0.4) is 0 Å². The Morgan fingerprint density at radius 3 is 2.44 bits per heavy atom. The van der Waals surface area contributed by atoms with Crippen LogP contribution in [0.2, 0.25) is 0 Å². The molecule has 1 heterocycles. The third-order valence-electron chi connectivity index (χ3n) is 3.09. The largest absolute Gasteiger partial charge is 0.352 e. The minimum absolute atomic E-state index is 0.0351. The van der Waals surface area contributed by atoms with Crippen molar-refractivity contribution in [2.45, 2.75) is 6.42 Å². The number of hydrogen-bond acceptors (Lipinski definition) is 4. The number of amides is 3. The summed E-state index contributed by atoms with van der Waals surface area (Å²) in [5.74, 6) is -1.23. The maximum Gasteiger partial charge on any atom is 0.288 e. The van der Waals surface area contributed by atoms with Gasteiger partial charge in [0.25, 0.3) is 5.91 Å². The predicted molar refractivity (Wildman–Crippen MR) is 92.9 cm³/mol. The second-order valence-corrected chi connectivity index (χ2v) is 5.00. The number of benzene rings is 1. The van der Waals surface area contributed by atoms with Gasteiger partial charge in [0.2, 0.25) is 11.8 Å². The average Bonchev–Trinajstić information content (AvgIpc) is 2.66. The van der Waals surface area contributed by atoms with Crippen molar-refractivity contribution in [3.63, 3.8) is 0 Å². The molecule has 0 spiro atoms. The molecule has 0 atom stereocenters. The summed E-state index contributed by atoms with van der Waals surface area (Å²) in [6.45, 7) is 0.156. The van der Waals surface area contributed by atoms with E-state index in [2.05, 4.69) is 21.2 Å². The Kier molecular flexibility index (Phi) is 6.87. The fraction of sp³-hybridized carbons (Fsp3) is 0.111. The van der Waals surface area contributed by atoms with Gasteiger partial charge in [-0.3, -0.25) is 30.2 Å². The average molecular weight is 338 g/mol. The molecule has 0 saturated carbocycles. The third-order valence-corrected chi connectivity index (χ3v) is 3.09. The van der Waals surface area contributed by atoms with Crippen molar-refractivity contribution < 1.29 is 14.4 Å². The maximum atomic E-state index is 11.7. The van der Waals surface area contributed by atoms with Crippen LogP contribution in [0.5, 0.6) is 0 Å². The number of aromatic nitrogens is 1. The van der Waals surface area contributed by atoms with Gasteiger partial charge in [-0.15, -0.1) is 0 Å². The summed E-state index contributed by atoms with van der Waals surface area (Å²) in [7, 11) is 0. The van der Waals surface area contributed by atoms with Crippen molar-refractivity contribution in [3.05, 3.63) is 72.1 Å². The van der Waals surface area contributed by atoms with Crippen LogP contribution in [0.15, 0.2) is 60.8 Å². The molecule has 128 valence electrons. The summed E-state index contributed by atoms with van der Waals surface area (Å²) in [6, 6.07) is 14.3. The monoisotopic (exact) mass is 338 g/mol. The lowest BCUT2D eigenvalue weighted by Gasteiger charge is -2.07. The highest BCUT2D eigenvalue weighted by Gasteiger charge is 2.07. The number of carbonyl (C=O) groups is 3. The molecule has 1 aromatic heterocycles. The minimum atomic E-state index is -0.510. The highest BCUT2D eigenvalue weighted by Crippen LogP contribution is 2.00. The van der Waals surface area contributed by atoms with Crippen LogP contribution >= 0.6 is 0 Å². The van der Waals surface area contributed by atoms with Gasteiger partial charge in [0.15, 0.2) is 0 Å². The van der Waals surface area contributed by atoms with Crippen LogP contribution in [0, 0.1) is 0 Å². The van der Waals surface area contributed by atoms with Crippen LogP contribution in [0.25, 0.3) is 6.08 Å². The summed E-state index contributed by atoms with van der Waals surface area (Å²) < 4.78 is 0. The van der Waals surface area contributed by atoms with Crippen molar-refractivity contribution in [1.82, 2.24) is 21.2 Å². The minimum Gasteiger partial charge on any atom is -0.352 e. The second-order valence-electron chi connectivity index (χ2n) is 5.00. The van der Waals surface area contributed by atoms with Gasteiger partial charge in [-0.05, 0) is 23.8 Å². The van der Waals surface area contributed by atoms with Crippen molar-refractivity contribution in [2.75, 3.05) is 6.54 Å². The Balaban J connectivity index is 1.64. The molecule has 3 amide bonds. The second kappa shape index (κ2) is 9.61. The maximum absolute atomic E-state index is 11.7. The number of carbonyl (C=O) groups excluding carboxylic acids is 3. The molecule has 0 aliphatic heterocycles. The normalized spacial score (nSPS) is 10.2. The molecule has 1 aromatic carbocycles. The van der Waals surface area contributed by atoms with E-state index in [4.69, 9.17) is 0 Å². The van der Waals surface area contributed by atoms with Gasteiger partial charge >= 0.3 is 0 Å². The van der Waals surface area contributed by atoms with Gasteiger partial charge in [-0.2, -0.15) is 0 Å². The van der Waals surface area contributed by atoms with Gasteiger partial charge in [0.05, 0.1) is 0 Å². The first-order chi connectivity index (χ1) is 12.1. The molecule has 25 heavy (non-hydrogen) atoms. The van der Waals surface area contributed by atoms with E-state index in [1.54, 1.807) is 18.2 Å². The zero-order valence-corrected chi connectivity index (χ0v) is 13.4. The van der Waals surface area contributed by atoms with Crippen molar-refractivity contribution in [3.8, 4) is 0 Å². The van der Waals surface area contributed by atoms with Gasteiger partial charge in [-0.1, -0.05) is 36.4 Å². The first-order valence-electron chi connectivity index (χ1n) is 7.66. The highest BCUT2D eigenvalue weighted by atomic mass is 16.2. The van der Waals surface area contributed by atoms with E-state index in [1.165, 1.54) is 18.3 Å². The molecular formula is C18H18N4O3. The van der Waals surface area contributed by atoms with E-state index in [0.717, 1.165) is 5.56 Å². The lowest BCUT2D eigenvalue weighted by Crippen LogP contribution is -2.43. The van der Waals surface area contributed by atoms with E-state index in [-0.39, 0.29) is 24.6 Å². The first kappa shape index (κ1) is 17.9. The van der Waals surface area contributed by atoms with Crippen LogP contribution in [0.4, 0.5) is 0 Å². The molecule has 0 aliphatic carbocycles. The molecule has 3 N–H and O–H groups in total. The fourth-order valence-electron chi connectivity index (χ4n) is 1.84. The van der Waals surface area contributed by atoms with E-state index >= 15 is 0 Å². The molecule has 0 bridgehead atoms. The van der Waals surface area contributed by atoms with Crippen LogP contribution in [0.1, 0.15) is 22.5 Å². The van der Waals surface area contributed by atoms with Gasteiger partial charge in [-0.25, -0.2) is 0 Å². The van der Waals surface area contributed by atoms with Crippen molar-refractivity contribution >= 4 is 23.8 Å². The number of pyridine rings is 1. The lowest BCUT2D eigenvalue weighted by atomic mass is 10.2. The molecule has 0 aliphatic rings. The number of nitrogens with one attached hydrogen (secondary N) is 3. The Bertz CT molecular complexity index is 745. The number of nitrogens with zero attached hydrogens (tertiary/aromatic N) is 1. The quantitative estimate of drug-likeness (QED) is 0.542. The molecule has 2 rings (SSSR count). The van der Waals surface area contributed by atoms with Crippen LogP contribution < -0.4 is 16.2 Å². The predicted octanol–water partition coefficient (Wildman–Crippen LogP) is 1.06. The topological polar surface area (TPSA) is 100 Å². The molecular weight excluding hydrogens is 320 g/mol. The van der Waals surface area contributed by atoms with Gasteiger partial charge < -0.3 is 5.32 Å². The Labute approximate surface area is 145 Å². The molecule has 0 saturated heterocycles. The van der Waals surface area contributed by atoms with Crippen LogP contribution in [-0.2, 0) is 9.59 Å². The summed E-state index contributed by atoms with van der Waals surface area (Å²) in [5, 5.41) is 2.59. The standard InChI is InChI=1S/C18H18N4O3/c23-16(10-9-14-6-2-1-3-7-14)20-13-11-17(24)21-22-18(25)15-8-4-5-12-19-15/h1-10,12H,11,13H2,(H,20,23)(H,21,24)(H,22,25)/b10-9+. The lowest BCUT2D eigenvalue weighted by molar-refractivity contribution is -0.122. The Hall–Kier alpha value is -3.48. The van der Waals surface area contributed by atoms with E-state index in [0.29, 0.717) is 0 Å². The van der Waals surface area contributed by atoms with E-state index in [1.807, 2.05) is 30.3 Å². The molecule has 7 heteroatoms. The van der Waals surface area contributed by atoms with E-state index < -0.39 is 11.8 Å². The number of hydrogen-bond donors (Lipinski definition) is 3. The molecule has 0 fully saturated rings. The van der Waals surface area contributed by atoms with E-state index in [9.17, 15) is 14.4 Å². The summed E-state index contributed by atoms with van der Waals surface area (Å²) in [5.41, 5.74) is 5.63. The molecule has 0 unspecified atom stereocenters. The first-order valence-corrected chi connectivity index (χ1v) is 7.66. The number of rotatable bonds is 6. The van der Waals surface area contributed by atoms with Crippen molar-refractivity contribution in [2.24, 2.45) is 0 Å². The zero-order chi connectivity index (χ0) is 17.9. The molecule has 0 radical (unpaired) electrons. The summed E-state index contributed by atoms with van der Waals surface area (Å²) in [4.78, 5) is 38.8. The smallest absolute Gasteiger partial charge is 0.288 e. The summed E-state index contributed by atoms with van der Waals surface area (Å²) in [6.07, 6.45) is 4.60. The Morgan fingerprint density at radius 2 is 1.72 bits per heavy atom. The fourth-order valence-corrected chi connectivity index (χ4v) is 1.84. The van der Waals surface area contributed by atoms with Crippen LogP contribution in [-0.4, -0.2) is 29.3 Å². The van der Waals surface area contributed by atoms with Gasteiger partial charge in [0, 0.05) is 25.2 Å².